The molecule has 0 fully saturated rings. The molecule has 0 saturated carbocycles. The molecule has 0 unspecified atom stereocenters. The number of carbonyl (C=O) groups is 1. The van der Waals surface area contributed by atoms with Crippen molar-refractivity contribution in [2.75, 3.05) is 6.54 Å². The van der Waals surface area contributed by atoms with E-state index in [2.05, 4.69) is 33.2 Å². The molecule has 4 rings (SSSR count). The van der Waals surface area contributed by atoms with Crippen LogP contribution in [0.25, 0.3) is 10.9 Å². The molecule has 2 aromatic heterocycles. The second kappa shape index (κ2) is 8.13. The van der Waals surface area contributed by atoms with E-state index in [1.54, 1.807) is 4.68 Å². The Morgan fingerprint density at radius 2 is 1.79 bits per heavy atom. The van der Waals surface area contributed by atoms with E-state index in [-0.39, 0.29) is 5.91 Å². The minimum Gasteiger partial charge on any atom is -0.352 e. The van der Waals surface area contributed by atoms with E-state index in [1.807, 2.05) is 62.0 Å². The number of nitrogens with zero attached hydrogens (tertiary/aromatic N) is 3. The SMILES string of the molecule is Cn1cc(CCCNC(=O)c2cn(Cc3ccccc3)c3ccccc23)cn1. The summed E-state index contributed by atoms with van der Waals surface area (Å²) in [5.41, 5.74) is 4.21. The summed E-state index contributed by atoms with van der Waals surface area (Å²) < 4.78 is 3.95. The molecule has 0 bridgehead atoms. The van der Waals surface area contributed by atoms with E-state index in [4.69, 9.17) is 0 Å². The number of aryl methyl sites for hydroxylation is 2. The predicted octanol–water partition coefficient (Wildman–Crippen LogP) is 3.79. The van der Waals surface area contributed by atoms with Gasteiger partial charge >= 0.3 is 0 Å². The highest BCUT2D eigenvalue weighted by molar-refractivity contribution is 6.07. The number of nitrogens with one attached hydrogen (secondary N) is 1. The Labute approximate surface area is 164 Å². The molecule has 5 nitrogen and oxygen atoms in total. The van der Waals surface area contributed by atoms with E-state index in [1.165, 1.54) is 11.1 Å². The molecule has 0 aliphatic carbocycles. The van der Waals surface area contributed by atoms with E-state index in [0.717, 1.165) is 35.9 Å². The highest BCUT2D eigenvalue weighted by Crippen LogP contribution is 2.22. The summed E-state index contributed by atoms with van der Waals surface area (Å²) in [6, 6.07) is 18.4. The molecule has 0 atom stereocenters. The molecule has 2 heterocycles. The smallest absolute Gasteiger partial charge is 0.253 e. The lowest BCUT2D eigenvalue weighted by molar-refractivity contribution is 0.0954. The van der Waals surface area contributed by atoms with E-state index < -0.39 is 0 Å². The maximum atomic E-state index is 12.8. The largest absolute Gasteiger partial charge is 0.352 e. The van der Waals surface area contributed by atoms with Gasteiger partial charge in [-0.2, -0.15) is 5.10 Å². The normalized spacial score (nSPS) is 11.0. The van der Waals surface area contributed by atoms with Crippen LogP contribution in [-0.2, 0) is 20.0 Å². The zero-order valence-electron chi connectivity index (χ0n) is 16.0. The predicted molar refractivity (Wildman–Crippen MR) is 111 cm³/mol. The number of amides is 1. The van der Waals surface area contributed by atoms with Crippen LogP contribution in [0.2, 0.25) is 0 Å². The van der Waals surface area contributed by atoms with Crippen molar-refractivity contribution < 1.29 is 4.79 Å². The summed E-state index contributed by atoms with van der Waals surface area (Å²) >= 11 is 0. The van der Waals surface area contributed by atoms with Crippen LogP contribution in [0.15, 0.2) is 73.2 Å². The molecule has 0 spiro atoms. The number of rotatable bonds is 7. The van der Waals surface area contributed by atoms with E-state index in [0.29, 0.717) is 6.54 Å². The van der Waals surface area contributed by atoms with Crippen molar-refractivity contribution >= 4 is 16.8 Å². The first-order valence-corrected chi connectivity index (χ1v) is 9.58. The van der Waals surface area contributed by atoms with Gasteiger partial charge in [-0.1, -0.05) is 48.5 Å². The molecular formula is C23H24N4O. The van der Waals surface area contributed by atoms with Crippen molar-refractivity contribution in [1.29, 1.82) is 0 Å². The molecule has 4 aromatic rings. The number of para-hydroxylation sites is 1. The van der Waals surface area contributed by atoms with Gasteiger partial charge < -0.3 is 9.88 Å². The quantitative estimate of drug-likeness (QED) is 0.502. The minimum absolute atomic E-state index is 0.0193. The summed E-state index contributed by atoms with van der Waals surface area (Å²) in [5, 5.41) is 8.23. The van der Waals surface area contributed by atoms with Crippen LogP contribution >= 0.6 is 0 Å². The third kappa shape index (κ3) is 3.98. The Balaban J connectivity index is 1.46. The van der Waals surface area contributed by atoms with Gasteiger partial charge in [0.05, 0.1) is 11.8 Å². The van der Waals surface area contributed by atoms with Crippen LogP contribution in [0.3, 0.4) is 0 Å². The highest BCUT2D eigenvalue weighted by Gasteiger charge is 2.14. The zero-order chi connectivity index (χ0) is 19.3. The molecule has 0 radical (unpaired) electrons. The number of carbonyl (C=O) groups excluding carboxylic acids is 1. The maximum Gasteiger partial charge on any atom is 0.253 e. The average Bonchev–Trinajstić information content (AvgIpc) is 3.30. The fourth-order valence-electron chi connectivity index (χ4n) is 3.53. The Hall–Kier alpha value is -3.34. The van der Waals surface area contributed by atoms with E-state index >= 15 is 0 Å². The third-order valence-corrected chi connectivity index (χ3v) is 4.92. The van der Waals surface area contributed by atoms with Gasteiger partial charge in [0.1, 0.15) is 0 Å². The van der Waals surface area contributed by atoms with Crippen molar-refractivity contribution in [3.05, 3.63) is 89.9 Å². The molecular weight excluding hydrogens is 348 g/mol. The fraction of sp³-hybridized carbons (Fsp3) is 0.217. The second-order valence-corrected chi connectivity index (χ2v) is 7.06. The van der Waals surface area contributed by atoms with Crippen LogP contribution in [0, 0.1) is 0 Å². The van der Waals surface area contributed by atoms with Gasteiger partial charge in [0.2, 0.25) is 0 Å². The van der Waals surface area contributed by atoms with Crippen LogP contribution in [-0.4, -0.2) is 26.8 Å². The molecule has 28 heavy (non-hydrogen) atoms. The van der Waals surface area contributed by atoms with E-state index in [9.17, 15) is 4.79 Å². The molecule has 0 aliphatic heterocycles. The standard InChI is InChI=1S/C23H24N4O/c1-26-15-19(14-25-26)10-7-13-24-23(28)21-17-27(16-18-8-3-2-4-9-18)22-12-6-5-11-20(21)22/h2-6,8-9,11-12,14-15,17H,7,10,13,16H2,1H3,(H,24,28). The fourth-order valence-corrected chi connectivity index (χ4v) is 3.53. The van der Waals surface area contributed by atoms with Crippen LogP contribution in [0.5, 0.6) is 0 Å². The first kappa shape index (κ1) is 18.0. The summed E-state index contributed by atoms with van der Waals surface area (Å²) in [4.78, 5) is 12.8. The molecule has 1 N–H and O–H groups in total. The lowest BCUT2D eigenvalue weighted by Gasteiger charge is -2.05. The molecule has 1 amide bonds. The van der Waals surface area contributed by atoms with Gasteiger partial charge in [-0.15, -0.1) is 0 Å². The number of fused-ring (bicyclic) bond motifs is 1. The molecule has 0 saturated heterocycles. The van der Waals surface area contributed by atoms with Crippen LogP contribution < -0.4 is 5.32 Å². The van der Waals surface area contributed by atoms with Crippen LogP contribution in [0.4, 0.5) is 0 Å². The van der Waals surface area contributed by atoms with Crippen molar-refractivity contribution in [3.8, 4) is 0 Å². The van der Waals surface area contributed by atoms with Crippen molar-refractivity contribution in [1.82, 2.24) is 19.7 Å². The van der Waals surface area contributed by atoms with Crippen LogP contribution in [0.1, 0.15) is 27.9 Å². The monoisotopic (exact) mass is 372 g/mol. The molecule has 142 valence electrons. The first-order chi connectivity index (χ1) is 13.7. The van der Waals surface area contributed by atoms with Gasteiger partial charge in [0.25, 0.3) is 5.91 Å². The van der Waals surface area contributed by atoms with Gasteiger partial charge in [0.15, 0.2) is 0 Å². The minimum atomic E-state index is -0.0193. The average molecular weight is 372 g/mol. The van der Waals surface area contributed by atoms with Crippen molar-refractivity contribution in [2.24, 2.45) is 7.05 Å². The molecule has 0 aliphatic rings. The number of aromatic nitrogens is 3. The molecule has 2 aromatic carbocycles. The maximum absolute atomic E-state index is 12.8. The Bertz CT molecular complexity index is 1080. The van der Waals surface area contributed by atoms with Gasteiger partial charge in [-0.05, 0) is 30.0 Å². The zero-order valence-corrected chi connectivity index (χ0v) is 16.0. The number of hydrogen-bond acceptors (Lipinski definition) is 2. The summed E-state index contributed by atoms with van der Waals surface area (Å²) in [5.74, 6) is -0.0193. The topological polar surface area (TPSA) is 51.9 Å². The number of hydrogen-bond donors (Lipinski definition) is 1. The summed E-state index contributed by atoms with van der Waals surface area (Å²) in [6.07, 6.45) is 7.65. The lowest BCUT2D eigenvalue weighted by Crippen LogP contribution is -2.24. The Morgan fingerprint density at radius 3 is 2.57 bits per heavy atom. The van der Waals surface area contributed by atoms with Crippen molar-refractivity contribution in [3.63, 3.8) is 0 Å². The lowest BCUT2D eigenvalue weighted by atomic mass is 10.1. The Morgan fingerprint density at radius 1 is 1.00 bits per heavy atom. The Kier molecular flexibility index (Phi) is 5.24. The summed E-state index contributed by atoms with van der Waals surface area (Å²) in [6.45, 7) is 1.39. The molecule has 5 heteroatoms. The van der Waals surface area contributed by atoms with Crippen molar-refractivity contribution in [2.45, 2.75) is 19.4 Å². The van der Waals surface area contributed by atoms with Gasteiger partial charge in [-0.3, -0.25) is 9.48 Å². The third-order valence-electron chi connectivity index (χ3n) is 4.92. The van der Waals surface area contributed by atoms with Gasteiger partial charge in [0, 0.05) is 43.4 Å². The first-order valence-electron chi connectivity index (χ1n) is 9.58. The highest BCUT2D eigenvalue weighted by atomic mass is 16.1. The number of benzene rings is 2. The second-order valence-electron chi connectivity index (χ2n) is 7.06. The summed E-state index contributed by atoms with van der Waals surface area (Å²) in [7, 11) is 1.91. The van der Waals surface area contributed by atoms with Gasteiger partial charge in [-0.25, -0.2) is 0 Å².